The second-order valence-electron chi connectivity index (χ2n) is 6.01. The van der Waals surface area contributed by atoms with Crippen molar-refractivity contribution in [2.75, 3.05) is 0 Å². The van der Waals surface area contributed by atoms with Crippen LogP contribution in [-0.4, -0.2) is 8.42 Å². The van der Waals surface area contributed by atoms with Crippen molar-refractivity contribution in [1.82, 2.24) is 0 Å². The number of halogens is 1. The maximum absolute atomic E-state index is 12.8. The minimum atomic E-state index is -3.72. The van der Waals surface area contributed by atoms with E-state index in [1.807, 2.05) is 84.9 Å². The number of hydrogen-bond acceptors (Lipinski definition) is 2. The molecule has 27 heavy (non-hydrogen) atoms. The first-order valence-corrected chi connectivity index (χ1v) is 12.0. The van der Waals surface area contributed by atoms with E-state index in [1.165, 1.54) is 0 Å². The van der Waals surface area contributed by atoms with Crippen molar-refractivity contribution in [1.29, 1.82) is 0 Å². The Kier molecular flexibility index (Phi) is 8.65. The topological polar surface area (TPSA) is 48.2 Å². The summed E-state index contributed by atoms with van der Waals surface area (Å²) in [6.45, 7) is 1.93. The molecule has 0 aliphatic heterocycles. The van der Waals surface area contributed by atoms with E-state index in [2.05, 4.69) is 14.4 Å². The van der Waals surface area contributed by atoms with E-state index in [0.29, 0.717) is 6.42 Å². The summed E-state index contributed by atoms with van der Waals surface area (Å²) in [5.74, 6) is 0. The number of rotatable bonds is 6. The van der Waals surface area contributed by atoms with Gasteiger partial charge in [-0.15, -0.1) is 0 Å². The third-order valence-electron chi connectivity index (χ3n) is 4.04. The summed E-state index contributed by atoms with van der Waals surface area (Å²) >= 11 is 1.82. The number of sulfonamides is 1. The van der Waals surface area contributed by atoms with Crippen molar-refractivity contribution in [2.45, 2.75) is 24.3 Å². The Morgan fingerprint density at radius 2 is 1.37 bits per heavy atom. The second kappa shape index (κ2) is 10.7. The quantitative estimate of drug-likeness (QED) is 0.418. The third-order valence-corrected chi connectivity index (χ3v) is 5.44. The zero-order valence-electron chi connectivity index (χ0n) is 14.8. The van der Waals surface area contributed by atoms with Crippen LogP contribution in [0.4, 0.5) is 0 Å². The Hall–Kier alpha value is -1.52. The molecule has 3 nitrogen and oxygen atoms in total. The Balaban J connectivity index is 0.00000126. The second-order valence-corrected chi connectivity index (χ2v) is 7.64. The van der Waals surface area contributed by atoms with Gasteiger partial charge < -0.3 is 4.72 Å². The molecule has 0 amide bonds. The van der Waals surface area contributed by atoms with Crippen LogP contribution in [0.2, 0.25) is 0 Å². The normalized spacial score (nSPS) is 12.0. The van der Waals surface area contributed by atoms with Gasteiger partial charge in [-0.1, -0.05) is 90.0 Å². The molecule has 0 saturated carbocycles. The molecule has 0 unspecified atom stereocenters. The van der Waals surface area contributed by atoms with Gasteiger partial charge in [-0.2, -0.15) is 0 Å². The Morgan fingerprint density at radius 1 is 0.852 bits per heavy atom. The molecule has 3 aromatic carbocycles. The fraction of sp³-hybridized carbons (Fsp3) is 0.143. The fourth-order valence-electron chi connectivity index (χ4n) is 2.67. The summed E-state index contributed by atoms with van der Waals surface area (Å²) in [5, 5.41) is 0. The van der Waals surface area contributed by atoms with Crippen LogP contribution in [0.1, 0.15) is 22.7 Å². The van der Waals surface area contributed by atoms with Crippen LogP contribution in [0.5, 0.6) is 0 Å². The van der Waals surface area contributed by atoms with Gasteiger partial charge in [0, 0.05) is 4.90 Å². The average molecular weight is 487 g/mol. The molecule has 0 fully saturated rings. The van der Waals surface area contributed by atoms with Gasteiger partial charge in [0.05, 0.1) is 0 Å². The molecule has 6 heteroatoms. The van der Waals surface area contributed by atoms with Gasteiger partial charge >= 0.3 is 27.0 Å². The first kappa shape index (κ1) is 21.8. The molecule has 0 N–H and O–H groups in total. The van der Waals surface area contributed by atoms with Gasteiger partial charge in [0.25, 0.3) is 0 Å². The molecule has 0 aliphatic carbocycles. The van der Waals surface area contributed by atoms with E-state index in [0.717, 1.165) is 16.7 Å². The average Bonchev–Trinajstić information content (AvgIpc) is 2.71. The van der Waals surface area contributed by atoms with Crippen molar-refractivity contribution in [3.63, 3.8) is 0 Å². The summed E-state index contributed by atoms with van der Waals surface area (Å²) in [6, 6.07) is 25.7. The summed E-state index contributed by atoms with van der Waals surface area (Å²) in [5.41, 5.74) is 2.96. The zero-order chi connectivity index (χ0) is 19.7. The third kappa shape index (κ3) is 6.55. The van der Waals surface area contributed by atoms with Crippen molar-refractivity contribution in [3.05, 3.63) is 106 Å². The molecular formula is C21H20ClNO2RuS. The van der Waals surface area contributed by atoms with Crippen LogP contribution in [0, 0.1) is 6.92 Å². The molecule has 1 atom stereocenters. The molecule has 0 spiro atoms. The molecule has 0 saturated heterocycles. The molecule has 0 bridgehead atoms. The van der Waals surface area contributed by atoms with Crippen LogP contribution >= 0.6 is 9.69 Å². The first-order chi connectivity index (χ1) is 13.0. The van der Waals surface area contributed by atoms with Crippen LogP contribution in [0.15, 0.2) is 89.8 Å². The standard InChI is InChI=1S/C21H20NO2S.ClH.Ru/c1-17-12-14-20(15-13-17)25(23,24)22-21(19-10-6-3-7-11-19)16-18-8-4-2-5-9-18;;/h2-15,21H,16H2,1H3;1H;/q-1;;+2/p-1/t21-;;/m1../s1. The van der Waals surface area contributed by atoms with Gasteiger partial charge in [-0.3, -0.25) is 0 Å². The van der Waals surface area contributed by atoms with Crippen molar-refractivity contribution >= 4 is 19.7 Å². The Bertz CT molecular complexity index is 917. The number of aryl methyl sites for hydroxylation is 1. The van der Waals surface area contributed by atoms with Gasteiger partial charge in [-0.05, 0) is 31.0 Å². The molecule has 142 valence electrons. The van der Waals surface area contributed by atoms with Crippen LogP contribution in [0.25, 0.3) is 4.72 Å². The Morgan fingerprint density at radius 3 is 1.93 bits per heavy atom. The van der Waals surface area contributed by atoms with Crippen molar-refractivity contribution in [2.24, 2.45) is 0 Å². The van der Waals surface area contributed by atoms with E-state index >= 15 is 0 Å². The van der Waals surface area contributed by atoms with Crippen molar-refractivity contribution in [3.8, 4) is 0 Å². The molecule has 3 rings (SSSR count). The molecule has 0 heterocycles. The van der Waals surface area contributed by atoms with E-state index in [4.69, 9.17) is 0 Å². The van der Waals surface area contributed by atoms with Gasteiger partial charge in [0.1, 0.15) is 10.0 Å². The van der Waals surface area contributed by atoms with Gasteiger partial charge in [0.2, 0.25) is 0 Å². The molecule has 0 aliphatic rings. The van der Waals surface area contributed by atoms with E-state index in [-0.39, 0.29) is 4.90 Å². The van der Waals surface area contributed by atoms with Crippen LogP contribution < -0.4 is 0 Å². The number of hydrogen-bond donors (Lipinski definition) is 0. The van der Waals surface area contributed by atoms with E-state index in [1.54, 1.807) is 24.3 Å². The SMILES string of the molecule is Cc1ccc(S(=O)(=O)[N-][C@H](Cc2ccccc2)c2ccccc2)cc1.[Cl][Ru+]. The van der Waals surface area contributed by atoms with Gasteiger partial charge in [-0.25, -0.2) is 8.42 Å². The first-order valence-electron chi connectivity index (χ1n) is 8.31. The summed E-state index contributed by atoms with van der Waals surface area (Å²) in [4.78, 5) is 0.229. The molecule has 0 radical (unpaired) electrons. The van der Waals surface area contributed by atoms with Crippen LogP contribution in [-0.2, 0) is 33.8 Å². The zero-order valence-corrected chi connectivity index (χ0v) is 18.1. The van der Waals surface area contributed by atoms with Crippen molar-refractivity contribution < 1.29 is 25.7 Å². The summed E-state index contributed by atoms with van der Waals surface area (Å²) < 4.78 is 29.7. The number of benzene rings is 3. The van der Waals surface area contributed by atoms with E-state index in [9.17, 15) is 8.42 Å². The van der Waals surface area contributed by atoms with Crippen LogP contribution in [0.3, 0.4) is 0 Å². The molecule has 3 aromatic rings. The molecule has 0 aromatic heterocycles. The predicted octanol–water partition coefficient (Wildman–Crippen LogP) is 5.73. The summed E-state index contributed by atoms with van der Waals surface area (Å²) in [7, 11) is 0.849. The monoisotopic (exact) mass is 487 g/mol. The predicted molar refractivity (Wildman–Crippen MR) is 107 cm³/mol. The Labute approximate surface area is 175 Å². The fourth-order valence-corrected chi connectivity index (χ4v) is 3.80. The minimum absolute atomic E-state index is 0.229. The maximum atomic E-state index is 12.8. The molecular weight excluding hydrogens is 467 g/mol. The van der Waals surface area contributed by atoms with E-state index < -0.39 is 16.1 Å². The van der Waals surface area contributed by atoms with Gasteiger partial charge in [0.15, 0.2) is 0 Å². The number of nitrogens with zero attached hydrogens (tertiary/aromatic N) is 1. The summed E-state index contributed by atoms with van der Waals surface area (Å²) in [6.07, 6.45) is 0.538.